The minimum absolute atomic E-state index is 0.0310. The molecule has 0 saturated heterocycles. The zero-order valence-electron chi connectivity index (χ0n) is 11.1. The van der Waals surface area contributed by atoms with Crippen LogP contribution in [0.2, 0.25) is 5.02 Å². The van der Waals surface area contributed by atoms with Crippen LogP contribution in [0, 0.1) is 0 Å². The standard InChI is InChI=1S/C13H19ClN2O3/c1-3-18-7-9(2)19-8-13(17)16-10-4-5-11(14)12(15)6-10/h4-6,9H,3,7-8,15H2,1-2H3,(H,16,17). The van der Waals surface area contributed by atoms with Gasteiger partial charge in [-0.2, -0.15) is 0 Å². The van der Waals surface area contributed by atoms with Crippen molar-refractivity contribution in [2.24, 2.45) is 0 Å². The molecule has 1 amide bonds. The Bertz CT molecular complexity index is 426. The van der Waals surface area contributed by atoms with Crippen molar-refractivity contribution < 1.29 is 14.3 Å². The Morgan fingerprint density at radius 1 is 1.53 bits per heavy atom. The summed E-state index contributed by atoms with van der Waals surface area (Å²) in [4.78, 5) is 11.6. The molecule has 0 aliphatic rings. The lowest BCUT2D eigenvalue weighted by Crippen LogP contribution is -2.24. The van der Waals surface area contributed by atoms with Crippen LogP contribution in [0.3, 0.4) is 0 Å². The van der Waals surface area contributed by atoms with Gasteiger partial charge in [0.1, 0.15) is 6.61 Å². The predicted molar refractivity (Wildman–Crippen MR) is 76.4 cm³/mol. The number of rotatable bonds is 7. The first-order valence-electron chi connectivity index (χ1n) is 6.07. The average Bonchev–Trinajstić information content (AvgIpc) is 2.38. The highest BCUT2D eigenvalue weighted by atomic mass is 35.5. The van der Waals surface area contributed by atoms with Gasteiger partial charge >= 0.3 is 0 Å². The van der Waals surface area contributed by atoms with Crippen LogP contribution in [-0.2, 0) is 14.3 Å². The Balaban J connectivity index is 2.36. The molecule has 0 fully saturated rings. The Morgan fingerprint density at radius 2 is 2.26 bits per heavy atom. The molecular formula is C13H19ClN2O3. The number of benzene rings is 1. The van der Waals surface area contributed by atoms with Crippen molar-refractivity contribution in [1.82, 2.24) is 0 Å². The smallest absolute Gasteiger partial charge is 0.250 e. The monoisotopic (exact) mass is 286 g/mol. The quantitative estimate of drug-likeness (QED) is 0.754. The Labute approximate surface area is 118 Å². The summed E-state index contributed by atoms with van der Waals surface area (Å²) in [5, 5.41) is 3.14. The van der Waals surface area contributed by atoms with Crippen LogP contribution in [0.25, 0.3) is 0 Å². The second-order valence-corrected chi connectivity index (χ2v) is 4.47. The van der Waals surface area contributed by atoms with Crippen molar-refractivity contribution in [2.45, 2.75) is 20.0 Å². The van der Waals surface area contributed by atoms with E-state index >= 15 is 0 Å². The topological polar surface area (TPSA) is 73.6 Å². The first-order chi connectivity index (χ1) is 9.02. The number of hydrogen-bond acceptors (Lipinski definition) is 4. The van der Waals surface area contributed by atoms with E-state index in [1.807, 2.05) is 13.8 Å². The molecule has 1 aromatic rings. The third-order valence-corrected chi connectivity index (χ3v) is 2.68. The molecule has 0 saturated carbocycles. The molecule has 5 nitrogen and oxygen atoms in total. The Kier molecular flexibility index (Phi) is 6.62. The summed E-state index contributed by atoms with van der Waals surface area (Å²) in [5.41, 5.74) is 6.65. The summed E-state index contributed by atoms with van der Waals surface area (Å²) in [7, 11) is 0. The van der Waals surface area contributed by atoms with Crippen molar-refractivity contribution in [2.75, 3.05) is 30.9 Å². The Morgan fingerprint density at radius 3 is 2.89 bits per heavy atom. The van der Waals surface area contributed by atoms with Gasteiger partial charge in [-0.05, 0) is 32.0 Å². The molecule has 6 heteroatoms. The second kappa shape index (κ2) is 7.99. The van der Waals surface area contributed by atoms with Crippen LogP contribution in [0.15, 0.2) is 18.2 Å². The molecule has 19 heavy (non-hydrogen) atoms. The third-order valence-electron chi connectivity index (χ3n) is 2.34. The lowest BCUT2D eigenvalue weighted by Gasteiger charge is -2.13. The summed E-state index contributed by atoms with van der Waals surface area (Å²) < 4.78 is 10.5. The fourth-order valence-electron chi connectivity index (χ4n) is 1.37. The highest BCUT2D eigenvalue weighted by Crippen LogP contribution is 2.22. The minimum Gasteiger partial charge on any atom is -0.397 e. The zero-order chi connectivity index (χ0) is 14.3. The molecule has 0 aromatic heterocycles. The number of hydrogen-bond donors (Lipinski definition) is 2. The number of carbonyl (C=O) groups excluding carboxylic acids is 1. The average molecular weight is 287 g/mol. The van der Waals surface area contributed by atoms with Crippen LogP contribution >= 0.6 is 11.6 Å². The van der Waals surface area contributed by atoms with Crippen LogP contribution < -0.4 is 11.1 Å². The van der Waals surface area contributed by atoms with Gasteiger partial charge in [0.25, 0.3) is 0 Å². The van der Waals surface area contributed by atoms with Gasteiger partial charge in [-0.15, -0.1) is 0 Å². The summed E-state index contributed by atoms with van der Waals surface area (Å²) in [6, 6.07) is 4.91. The van der Waals surface area contributed by atoms with Gasteiger partial charge in [-0.1, -0.05) is 11.6 Å². The summed E-state index contributed by atoms with van der Waals surface area (Å²) in [5.74, 6) is -0.245. The molecule has 0 bridgehead atoms. The number of nitrogen functional groups attached to an aromatic ring is 1. The molecule has 0 heterocycles. The van der Waals surface area contributed by atoms with E-state index in [-0.39, 0.29) is 18.6 Å². The third kappa shape index (κ3) is 5.92. The summed E-state index contributed by atoms with van der Waals surface area (Å²) in [6.07, 6.45) is -0.124. The van der Waals surface area contributed by atoms with E-state index in [0.717, 1.165) is 0 Å². The van der Waals surface area contributed by atoms with Gasteiger partial charge in [-0.25, -0.2) is 0 Å². The molecule has 1 aromatic carbocycles. The molecular weight excluding hydrogens is 268 g/mol. The number of nitrogens with one attached hydrogen (secondary N) is 1. The van der Waals surface area contributed by atoms with E-state index in [1.165, 1.54) is 0 Å². The molecule has 0 radical (unpaired) electrons. The number of anilines is 2. The van der Waals surface area contributed by atoms with Crippen LogP contribution in [0.1, 0.15) is 13.8 Å². The van der Waals surface area contributed by atoms with E-state index in [4.69, 9.17) is 26.8 Å². The summed E-state index contributed by atoms with van der Waals surface area (Å²) >= 11 is 5.79. The van der Waals surface area contributed by atoms with Gasteiger partial charge in [0.2, 0.25) is 5.91 Å². The first kappa shape index (κ1) is 15.8. The van der Waals surface area contributed by atoms with Gasteiger partial charge in [-0.3, -0.25) is 4.79 Å². The van der Waals surface area contributed by atoms with Crippen molar-refractivity contribution in [3.8, 4) is 0 Å². The van der Waals surface area contributed by atoms with Crippen LogP contribution in [0.5, 0.6) is 0 Å². The number of carbonyl (C=O) groups is 1. The normalized spacial score (nSPS) is 12.2. The van der Waals surface area contributed by atoms with Crippen molar-refractivity contribution in [3.05, 3.63) is 23.2 Å². The number of nitrogens with two attached hydrogens (primary N) is 1. The van der Waals surface area contributed by atoms with Crippen molar-refractivity contribution >= 4 is 28.9 Å². The maximum Gasteiger partial charge on any atom is 0.250 e. The first-order valence-corrected chi connectivity index (χ1v) is 6.45. The van der Waals surface area contributed by atoms with E-state index in [9.17, 15) is 4.79 Å². The van der Waals surface area contributed by atoms with E-state index in [0.29, 0.717) is 29.6 Å². The molecule has 0 aliphatic heterocycles. The predicted octanol–water partition coefficient (Wildman–Crippen LogP) is 2.30. The minimum atomic E-state index is -0.245. The lowest BCUT2D eigenvalue weighted by atomic mass is 10.3. The van der Waals surface area contributed by atoms with Gasteiger partial charge < -0.3 is 20.5 Å². The van der Waals surface area contributed by atoms with Crippen LogP contribution in [-0.4, -0.2) is 31.8 Å². The number of ether oxygens (including phenoxy) is 2. The second-order valence-electron chi connectivity index (χ2n) is 4.07. The maximum atomic E-state index is 11.6. The van der Waals surface area contributed by atoms with Gasteiger partial charge in [0, 0.05) is 12.3 Å². The molecule has 0 spiro atoms. The highest BCUT2D eigenvalue weighted by Gasteiger charge is 2.08. The molecule has 1 unspecified atom stereocenters. The molecule has 3 N–H and O–H groups in total. The SMILES string of the molecule is CCOCC(C)OCC(=O)Nc1ccc(Cl)c(N)c1. The molecule has 106 valence electrons. The fraction of sp³-hybridized carbons (Fsp3) is 0.462. The lowest BCUT2D eigenvalue weighted by molar-refractivity contribution is -0.123. The summed E-state index contributed by atoms with van der Waals surface area (Å²) in [6.45, 7) is 4.83. The van der Waals surface area contributed by atoms with Crippen molar-refractivity contribution in [1.29, 1.82) is 0 Å². The van der Waals surface area contributed by atoms with Gasteiger partial charge in [0.15, 0.2) is 0 Å². The van der Waals surface area contributed by atoms with Gasteiger partial charge in [0.05, 0.1) is 23.4 Å². The largest absolute Gasteiger partial charge is 0.397 e. The van der Waals surface area contributed by atoms with Crippen LogP contribution in [0.4, 0.5) is 11.4 Å². The number of amides is 1. The van der Waals surface area contributed by atoms with E-state index < -0.39 is 0 Å². The van der Waals surface area contributed by atoms with E-state index in [1.54, 1.807) is 18.2 Å². The molecule has 1 atom stereocenters. The highest BCUT2D eigenvalue weighted by molar-refractivity contribution is 6.33. The van der Waals surface area contributed by atoms with E-state index in [2.05, 4.69) is 5.32 Å². The Hall–Kier alpha value is -1.30. The molecule has 0 aliphatic carbocycles. The fourth-order valence-corrected chi connectivity index (χ4v) is 1.49. The maximum absolute atomic E-state index is 11.6. The zero-order valence-corrected chi connectivity index (χ0v) is 11.9. The molecule has 1 rings (SSSR count). The number of halogens is 1. The van der Waals surface area contributed by atoms with Crippen molar-refractivity contribution in [3.63, 3.8) is 0 Å².